The molecule has 1 heterocycles. The lowest BCUT2D eigenvalue weighted by molar-refractivity contribution is 0.0532. The monoisotopic (exact) mass is 279 g/mol. The molecule has 3 rings (SSSR count). The van der Waals surface area contributed by atoms with Crippen LogP contribution in [-0.2, 0) is 11.2 Å². The standard InChI is InChI=1S/C19H21NO/c1-3-7-17(8-4-1)15-19(20-11-13-21-14-12-20)16-18-9-5-2-6-10-18/h1-10,15H,11-14,16H2/b19-15+. The molecule has 1 fully saturated rings. The van der Waals surface area contributed by atoms with Gasteiger partial charge in [-0.1, -0.05) is 60.7 Å². The summed E-state index contributed by atoms with van der Waals surface area (Å²) in [5, 5.41) is 0. The van der Waals surface area contributed by atoms with Crippen molar-refractivity contribution in [3.05, 3.63) is 77.5 Å². The van der Waals surface area contributed by atoms with Gasteiger partial charge in [0.2, 0.25) is 0 Å². The number of hydrogen-bond donors (Lipinski definition) is 0. The maximum Gasteiger partial charge on any atom is 0.0642 e. The van der Waals surface area contributed by atoms with Gasteiger partial charge in [-0.15, -0.1) is 0 Å². The Morgan fingerprint density at radius 3 is 2.19 bits per heavy atom. The number of hydrogen-bond acceptors (Lipinski definition) is 2. The summed E-state index contributed by atoms with van der Waals surface area (Å²) in [7, 11) is 0. The van der Waals surface area contributed by atoms with Crippen LogP contribution in [0, 0.1) is 0 Å². The lowest BCUT2D eigenvalue weighted by Gasteiger charge is -2.31. The zero-order valence-electron chi connectivity index (χ0n) is 12.2. The van der Waals surface area contributed by atoms with E-state index in [0.29, 0.717) is 0 Å². The molecule has 2 heteroatoms. The quantitative estimate of drug-likeness (QED) is 0.848. The minimum atomic E-state index is 0.820. The second kappa shape index (κ2) is 7.09. The fourth-order valence-electron chi connectivity index (χ4n) is 2.65. The summed E-state index contributed by atoms with van der Waals surface area (Å²) in [4.78, 5) is 2.45. The van der Waals surface area contributed by atoms with Gasteiger partial charge in [-0.05, 0) is 17.2 Å². The Bertz CT molecular complexity index is 571. The van der Waals surface area contributed by atoms with Crippen molar-refractivity contribution in [2.45, 2.75) is 6.42 Å². The number of morpholine rings is 1. The molecule has 0 aromatic heterocycles. The van der Waals surface area contributed by atoms with E-state index in [0.717, 1.165) is 32.7 Å². The lowest BCUT2D eigenvalue weighted by Crippen LogP contribution is -2.36. The molecule has 0 radical (unpaired) electrons. The van der Waals surface area contributed by atoms with Crippen molar-refractivity contribution in [3.63, 3.8) is 0 Å². The van der Waals surface area contributed by atoms with Crippen molar-refractivity contribution in [2.75, 3.05) is 26.3 Å². The Morgan fingerprint density at radius 1 is 0.905 bits per heavy atom. The van der Waals surface area contributed by atoms with Gasteiger partial charge in [-0.25, -0.2) is 0 Å². The van der Waals surface area contributed by atoms with E-state index in [9.17, 15) is 0 Å². The normalized spacial score (nSPS) is 16.0. The third-order valence-electron chi connectivity index (χ3n) is 3.78. The van der Waals surface area contributed by atoms with Gasteiger partial charge in [0.25, 0.3) is 0 Å². The van der Waals surface area contributed by atoms with Crippen LogP contribution in [0.15, 0.2) is 66.4 Å². The summed E-state index contributed by atoms with van der Waals surface area (Å²) in [6.45, 7) is 3.60. The molecule has 0 N–H and O–H groups in total. The van der Waals surface area contributed by atoms with E-state index in [-0.39, 0.29) is 0 Å². The van der Waals surface area contributed by atoms with Crippen molar-refractivity contribution >= 4 is 6.08 Å². The van der Waals surface area contributed by atoms with Crippen molar-refractivity contribution in [3.8, 4) is 0 Å². The summed E-state index contributed by atoms with van der Waals surface area (Å²) in [6, 6.07) is 21.2. The third-order valence-corrected chi connectivity index (χ3v) is 3.78. The molecule has 1 saturated heterocycles. The average molecular weight is 279 g/mol. The number of nitrogens with zero attached hydrogens (tertiary/aromatic N) is 1. The molecule has 1 aliphatic heterocycles. The van der Waals surface area contributed by atoms with Gasteiger partial charge in [-0.3, -0.25) is 0 Å². The summed E-state index contributed by atoms with van der Waals surface area (Å²) in [5.41, 5.74) is 3.98. The highest BCUT2D eigenvalue weighted by Crippen LogP contribution is 2.18. The smallest absolute Gasteiger partial charge is 0.0642 e. The zero-order valence-corrected chi connectivity index (χ0v) is 12.2. The molecular weight excluding hydrogens is 258 g/mol. The molecule has 0 bridgehead atoms. The highest BCUT2D eigenvalue weighted by molar-refractivity contribution is 5.53. The van der Waals surface area contributed by atoms with E-state index >= 15 is 0 Å². The summed E-state index contributed by atoms with van der Waals surface area (Å²) in [6.07, 6.45) is 3.27. The van der Waals surface area contributed by atoms with Crippen molar-refractivity contribution in [2.24, 2.45) is 0 Å². The Kier molecular flexibility index (Phi) is 4.70. The van der Waals surface area contributed by atoms with Crippen molar-refractivity contribution < 1.29 is 4.74 Å². The lowest BCUT2D eigenvalue weighted by atomic mass is 10.1. The van der Waals surface area contributed by atoms with Crippen LogP contribution in [-0.4, -0.2) is 31.2 Å². The summed E-state index contributed by atoms with van der Waals surface area (Å²) >= 11 is 0. The van der Waals surface area contributed by atoms with E-state index in [2.05, 4.69) is 71.6 Å². The van der Waals surface area contributed by atoms with E-state index in [1.54, 1.807) is 0 Å². The van der Waals surface area contributed by atoms with E-state index in [1.165, 1.54) is 16.8 Å². The van der Waals surface area contributed by atoms with Crippen LogP contribution in [0.4, 0.5) is 0 Å². The molecule has 0 aliphatic carbocycles. The fraction of sp³-hybridized carbons (Fsp3) is 0.263. The number of rotatable bonds is 4. The first kappa shape index (κ1) is 13.9. The van der Waals surface area contributed by atoms with Crippen LogP contribution in [0.25, 0.3) is 6.08 Å². The summed E-state index contributed by atoms with van der Waals surface area (Å²) in [5.74, 6) is 0. The Labute approximate surface area is 126 Å². The first-order chi connectivity index (χ1) is 10.4. The highest BCUT2D eigenvalue weighted by Gasteiger charge is 2.14. The molecule has 0 spiro atoms. The average Bonchev–Trinajstić information content (AvgIpc) is 2.57. The second-order valence-electron chi connectivity index (χ2n) is 5.31. The van der Waals surface area contributed by atoms with Gasteiger partial charge >= 0.3 is 0 Å². The number of ether oxygens (including phenoxy) is 1. The van der Waals surface area contributed by atoms with Crippen molar-refractivity contribution in [1.82, 2.24) is 4.90 Å². The van der Waals surface area contributed by atoms with E-state index in [4.69, 9.17) is 4.74 Å². The van der Waals surface area contributed by atoms with Crippen LogP contribution >= 0.6 is 0 Å². The molecule has 21 heavy (non-hydrogen) atoms. The van der Waals surface area contributed by atoms with E-state index < -0.39 is 0 Å². The van der Waals surface area contributed by atoms with Gasteiger partial charge in [0.15, 0.2) is 0 Å². The van der Waals surface area contributed by atoms with Gasteiger partial charge < -0.3 is 9.64 Å². The minimum Gasteiger partial charge on any atom is -0.378 e. The maximum atomic E-state index is 5.48. The molecule has 108 valence electrons. The first-order valence-corrected chi connectivity index (χ1v) is 7.54. The van der Waals surface area contributed by atoms with Crippen LogP contribution in [0.1, 0.15) is 11.1 Å². The Hall–Kier alpha value is -2.06. The van der Waals surface area contributed by atoms with Crippen LogP contribution in [0.3, 0.4) is 0 Å². The molecule has 2 aromatic rings. The zero-order chi connectivity index (χ0) is 14.3. The molecule has 2 nitrogen and oxygen atoms in total. The first-order valence-electron chi connectivity index (χ1n) is 7.54. The van der Waals surface area contributed by atoms with E-state index in [1.807, 2.05) is 0 Å². The van der Waals surface area contributed by atoms with Crippen molar-refractivity contribution in [1.29, 1.82) is 0 Å². The largest absolute Gasteiger partial charge is 0.378 e. The van der Waals surface area contributed by atoms with Crippen LogP contribution < -0.4 is 0 Å². The van der Waals surface area contributed by atoms with Gasteiger partial charge in [0, 0.05) is 25.2 Å². The molecular formula is C19H21NO. The maximum absolute atomic E-state index is 5.48. The Morgan fingerprint density at radius 2 is 1.52 bits per heavy atom. The predicted molar refractivity (Wildman–Crippen MR) is 87.0 cm³/mol. The number of allylic oxidation sites excluding steroid dienone is 1. The third kappa shape index (κ3) is 3.96. The highest BCUT2D eigenvalue weighted by atomic mass is 16.5. The second-order valence-corrected chi connectivity index (χ2v) is 5.31. The van der Waals surface area contributed by atoms with Gasteiger partial charge in [0.1, 0.15) is 0 Å². The fourth-order valence-corrected chi connectivity index (χ4v) is 2.65. The molecule has 0 atom stereocenters. The molecule has 0 amide bonds. The molecule has 1 aliphatic rings. The molecule has 0 unspecified atom stereocenters. The topological polar surface area (TPSA) is 12.5 Å². The van der Waals surface area contributed by atoms with Crippen LogP contribution in [0.2, 0.25) is 0 Å². The Balaban J connectivity index is 1.85. The molecule has 2 aromatic carbocycles. The van der Waals surface area contributed by atoms with Crippen LogP contribution in [0.5, 0.6) is 0 Å². The van der Waals surface area contributed by atoms with Gasteiger partial charge in [0.05, 0.1) is 13.2 Å². The molecule has 0 saturated carbocycles. The number of benzene rings is 2. The summed E-state index contributed by atoms with van der Waals surface area (Å²) < 4.78 is 5.48. The van der Waals surface area contributed by atoms with Gasteiger partial charge in [-0.2, -0.15) is 0 Å². The minimum absolute atomic E-state index is 0.820. The predicted octanol–water partition coefficient (Wildman–Crippen LogP) is 3.60. The SMILES string of the molecule is C(=C(/Cc1ccccc1)N1CCOCC1)/c1ccccc1.